The molecule has 1 aromatic heterocycles. The second-order valence-corrected chi connectivity index (χ2v) is 8.54. The van der Waals surface area contributed by atoms with Crippen LogP contribution in [0.5, 0.6) is 5.75 Å². The summed E-state index contributed by atoms with van der Waals surface area (Å²) in [5, 5.41) is 3.24. The van der Waals surface area contributed by atoms with Crippen LogP contribution in [0, 0.1) is 0 Å². The first kappa shape index (κ1) is 21.0. The molecule has 1 N–H and O–H groups in total. The molecule has 0 fully saturated rings. The molecule has 1 aliphatic heterocycles. The number of nitrogens with one attached hydrogen (secondary N) is 1. The van der Waals surface area contributed by atoms with Gasteiger partial charge in [-0.15, -0.1) is 0 Å². The third kappa shape index (κ3) is 3.59. The molecule has 5 rings (SSSR count). The van der Waals surface area contributed by atoms with Crippen LogP contribution in [0.25, 0.3) is 0 Å². The Morgan fingerprint density at radius 2 is 1.76 bits per heavy atom. The molecule has 7 nitrogen and oxygen atoms in total. The van der Waals surface area contributed by atoms with Crippen molar-refractivity contribution in [3.63, 3.8) is 0 Å². The Hall–Kier alpha value is -3.87. The molecule has 0 radical (unpaired) electrons. The second-order valence-electron chi connectivity index (χ2n) is 8.54. The number of fused-ring (bicyclic) bond motifs is 1. The summed E-state index contributed by atoms with van der Waals surface area (Å²) in [6, 6.07) is 17.4. The maximum atomic E-state index is 13.3. The molecule has 0 saturated carbocycles. The number of benzene rings is 2. The van der Waals surface area contributed by atoms with Crippen LogP contribution in [-0.2, 0) is 25.5 Å². The minimum Gasteiger partial charge on any atom is -0.489 e. The fourth-order valence-corrected chi connectivity index (χ4v) is 4.76. The van der Waals surface area contributed by atoms with Crippen molar-refractivity contribution in [1.29, 1.82) is 0 Å². The first-order valence-corrected chi connectivity index (χ1v) is 11.1. The summed E-state index contributed by atoms with van der Waals surface area (Å²) in [5.41, 5.74) is 2.86. The summed E-state index contributed by atoms with van der Waals surface area (Å²) < 4.78 is 8.56. The van der Waals surface area contributed by atoms with E-state index in [1.807, 2.05) is 54.6 Å². The van der Waals surface area contributed by atoms with Gasteiger partial charge in [0.05, 0.1) is 5.56 Å². The number of hydrogen-bond donors (Lipinski definition) is 1. The molecule has 1 atom stereocenters. The van der Waals surface area contributed by atoms with E-state index in [1.165, 1.54) is 11.6 Å². The molecule has 0 unspecified atom stereocenters. The van der Waals surface area contributed by atoms with E-state index in [2.05, 4.69) is 5.32 Å². The highest BCUT2D eigenvalue weighted by Crippen LogP contribution is 2.43. The van der Waals surface area contributed by atoms with E-state index in [1.54, 1.807) is 7.05 Å². The molecule has 0 bridgehead atoms. The van der Waals surface area contributed by atoms with E-state index in [0.717, 1.165) is 27.8 Å². The Morgan fingerprint density at radius 3 is 2.55 bits per heavy atom. The highest BCUT2D eigenvalue weighted by atomic mass is 16.5. The molecule has 3 aromatic rings. The van der Waals surface area contributed by atoms with Crippen molar-refractivity contribution < 1.29 is 9.53 Å². The van der Waals surface area contributed by atoms with E-state index in [-0.39, 0.29) is 5.78 Å². The Morgan fingerprint density at radius 1 is 0.970 bits per heavy atom. The predicted molar refractivity (Wildman–Crippen MR) is 125 cm³/mol. The van der Waals surface area contributed by atoms with Gasteiger partial charge in [0.25, 0.3) is 5.56 Å². The van der Waals surface area contributed by atoms with Gasteiger partial charge in [-0.2, -0.15) is 0 Å². The Balaban J connectivity index is 1.64. The summed E-state index contributed by atoms with van der Waals surface area (Å²) in [6.07, 6.45) is 1.89. The van der Waals surface area contributed by atoms with Gasteiger partial charge in [-0.3, -0.25) is 18.7 Å². The molecule has 7 heteroatoms. The summed E-state index contributed by atoms with van der Waals surface area (Å²) in [6.45, 7) is 0.413. The molecule has 0 spiro atoms. The van der Waals surface area contributed by atoms with Gasteiger partial charge in [-0.1, -0.05) is 42.5 Å². The van der Waals surface area contributed by atoms with E-state index < -0.39 is 17.2 Å². The normalized spacial score (nSPS) is 17.3. The largest absolute Gasteiger partial charge is 0.489 e. The van der Waals surface area contributed by atoms with Gasteiger partial charge >= 0.3 is 5.69 Å². The summed E-state index contributed by atoms with van der Waals surface area (Å²) in [4.78, 5) is 38.9. The summed E-state index contributed by atoms with van der Waals surface area (Å²) in [5.74, 6) is 0.585. The number of anilines is 1. The lowest BCUT2D eigenvalue weighted by atomic mass is 9.76. The number of aromatic nitrogens is 2. The number of nitrogens with zero attached hydrogens (tertiary/aromatic N) is 2. The molecule has 0 amide bonds. The lowest BCUT2D eigenvalue weighted by molar-refractivity contribution is -0.116. The number of ketones is 1. The van der Waals surface area contributed by atoms with E-state index in [4.69, 9.17) is 4.74 Å². The van der Waals surface area contributed by atoms with Gasteiger partial charge in [-0.25, -0.2) is 4.79 Å². The molecule has 2 aliphatic rings. The minimum atomic E-state index is -0.560. The van der Waals surface area contributed by atoms with Crippen molar-refractivity contribution in [2.45, 2.75) is 31.8 Å². The number of carbonyl (C=O) groups excluding carboxylic acids is 1. The first-order valence-electron chi connectivity index (χ1n) is 11.1. The highest BCUT2D eigenvalue weighted by Gasteiger charge is 2.38. The van der Waals surface area contributed by atoms with Crippen molar-refractivity contribution >= 4 is 11.6 Å². The van der Waals surface area contributed by atoms with Crippen LogP contribution >= 0.6 is 0 Å². The average molecular weight is 444 g/mol. The topological polar surface area (TPSA) is 82.3 Å². The number of rotatable bonds is 4. The van der Waals surface area contributed by atoms with E-state index >= 15 is 0 Å². The molecular formula is C26H25N3O4. The third-order valence-electron chi connectivity index (χ3n) is 6.44. The standard InChI is InChI=1S/C26H25N3O4/c1-28-24-23(25(31)29(2)26(28)32)21(22-19(27-24)12-7-13-20(22)30)17-10-6-11-18(14-17)33-15-16-8-4-3-5-9-16/h3-6,8-11,14,21,27H,7,12-13,15H2,1-2H3/t21-/m0/s1. The number of carbonyl (C=O) groups is 1. The SMILES string of the molecule is Cn1c2c(c(=O)n(C)c1=O)[C@@H](c1cccc(OCc3ccccc3)c1)C1=C(CCCC1=O)N2. The lowest BCUT2D eigenvalue weighted by Gasteiger charge is -2.34. The van der Waals surface area contributed by atoms with Crippen LogP contribution in [0.15, 0.2) is 75.5 Å². The number of ether oxygens (including phenoxy) is 1. The molecule has 1 aliphatic carbocycles. The van der Waals surface area contributed by atoms with Crippen molar-refractivity contribution in [2.24, 2.45) is 14.1 Å². The fraction of sp³-hybridized carbons (Fsp3) is 0.269. The van der Waals surface area contributed by atoms with E-state index in [9.17, 15) is 14.4 Å². The lowest BCUT2D eigenvalue weighted by Crippen LogP contribution is -2.44. The van der Waals surface area contributed by atoms with Crippen LogP contribution < -0.4 is 21.3 Å². The summed E-state index contributed by atoms with van der Waals surface area (Å²) >= 11 is 0. The van der Waals surface area contributed by atoms with Gasteiger partial charge < -0.3 is 10.1 Å². The second kappa shape index (κ2) is 8.24. The van der Waals surface area contributed by atoms with Crippen molar-refractivity contribution in [3.8, 4) is 5.75 Å². The Kier molecular flexibility index (Phi) is 5.24. The monoisotopic (exact) mass is 443 g/mol. The zero-order valence-corrected chi connectivity index (χ0v) is 18.6. The fourth-order valence-electron chi connectivity index (χ4n) is 4.76. The van der Waals surface area contributed by atoms with Gasteiger partial charge in [0.2, 0.25) is 0 Å². The highest BCUT2D eigenvalue weighted by molar-refractivity contribution is 6.00. The molecule has 2 aromatic carbocycles. The predicted octanol–water partition coefficient (Wildman–Crippen LogP) is 3.23. The molecule has 33 heavy (non-hydrogen) atoms. The number of allylic oxidation sites excluding steroid dienone is 2. The number of hydrogen-bond acceptors (Lipinski definition) is 5. The molecule has 168 valence electrons. The first-order chi connectivity index (χ1) is 16.0. The maximum absolute atomic E-state index is 13.3. The smallest absolute Gasteiger partial charge is 0.332 e. The third-order valence-corrected chi connectivity index (χ3v) is 6.44. The zero-order valence-electron chi connectivity index (χ0n) is 18.6. The van der Waals surface area contributed by atoms with Gasteiger partial charge in [0.15, 0.2) is 5.78 Å². The average Bonchev–Trinajstić information content (AvgIpc) is 2.85. The Labute approximate surface area is 191 Å². The van der Waals surface area contributed by atoms with Gasteiger partial charge in [0, 0.05) is 37.7 Å². The van der Waals surface area contributed by atoms with Crippen LogP contribution in [0.4, 0.5) is 5.82 Å². The molecule has 2 heterocycles. The zero-order chi connectivity index (χ0) is 23.1. The number of Topliss-reactive ketones (excluding diaryl/α,β-unsaturated/α-hetero) is 1. The quantitative estimate of drug-likeness (QED) is 0.670. The summed E-state index contributed by atoms with van der Waals surface area (Å²) in [7, 11) is 3.11. The van der Waals surface area contributed by atoms with Gasteiger partial charge in [-0.05, 0) is 36.1 Å². The minimum absolute atomic E-state index is 0.0333. The molecular weight excluding hydrogens is 418 g/mol. The van der Waals surface area contributed by atoms with Gasteiger partial charge in [0.1, 0.15) is 18.2 Å². The Bertz CT molecular complexity index is 1400. The van der Waals surface area contributed by atoms with Crippen LogP contribution in [-0.4, -0.2) is 14.9 Å². The van der Waals surface area contributed by atoms with Crippen molar-refractivity contribution in [2.75, 3.05) is 5.32 Å². The van der Waals surface area contributed by atoms with Crippen LogP contribution in [0.2, 0.25) is 0 Å². The van der Waals surface area contributed by atoms with E-state index in [0.29, 0.717) is 42.2 Å². The van der Waals surface area contributed by atoms with Crippen molar-refractivity contribution in [1.82, 2.24) is 9.13 Å². The van der Waals surface area contributed by atoms with Crippen LogP contribution in [0.3, 0.4) is 0 Å². The van der Waals surface area contributed by atoms with Crippen LogP contribution in [0.1, 0.15) is 41.9 Å². The van der Waals surface area contributed by atoms with Crippen molar-refractivity contribution in [3.05, 3.63) is 103 Å². The maximum Gasteiger partial charge on any atom is 0.332 e. The molecule has 0 saturated heterocycles.